The van der Waals surface area contributed by atoms with E-state index < -0.39 is 74.2 Å². The van der Waals surface area contributed by atoms with Gasteiger partial charge in [-0.25, -0.2) is 18.8 Å². The molecule has 3 rings (SSSR count). The van der Waals surface area contributed by atoms with Gasteiger partial charge in [0.15, 0.2) is 29.8 Å². The topological polar surface area (TPSA) is 202 Å². The average Bonchev–Trinajstić information content (AvgIpc) is 3.06. The summed E-state index contributed by atoms with van der Waals surface area (Å²) in [5, 5.41) is 19.3. The van der Waals surface area contributed by atoms with Crippen LogP contribution >= 0.6 is 8.17 Å². The largest absolute Gasteiger partial charge is 0.575 e. The second kappa shape index (κ2) is 11.8. The van der Waals surface area contributed by atoms with Crippen LogP contribution in [0.25, 0.3) is 0 Å². The molecule has 0 amide bonds. The number of aliphatic hydroxyl groups is 1. The molecule has 14 nitrogen and oxygen atoms in total. The summed E-state index contributed by atoms with van der Waals surface area (Å²) in [5.41, 5.74) is -4.05. The first-order valence-electron chi connectivity index (χ1n) is 11.2. The monoisotopic (exact) mass is 557 g/mol. The number of aromatic amines is 1. The summed E-state index contributed by atoms with van der Waals surface area (Å²) < 4.78 is 40.9. The van der Waals surface area contributed by atoms with E-state index in [1.54, 1.807) is 6.07 Å². The number of nitrogens with zero attached hydrogens (tertiary/aromatic N) is 2. The fourth-order valence-electron chi connectivity index (χ4n) is 3.40. The first-order chi connectivity index (χ1) is 17.8. The van der Waals surface area contributed by atoms with Crippen molar-refractivity contribution in [3.05, 3.63) is 57.4 Å². The van der Waals surface area contributed by atoms with Gasteiger partial charge >= 0.3 is 25.8 Å². The van der Waals surface area contributed by atoms with Gasteiger partial charge in [-0.1, -0.05) is 16.9 Å². The van der Waals surface area contributed by atoms with E-state index in [1.165, 1.54) is 25.1 Å². The van der Waals surface area contributed by atoms with Crippen LogP contribution in [0.5, 0.6) is 11.5 Å². The number of carbonyl (C=O) groups excluding carboxylic acids is 1. The Morgan fingerprint density at radius 1 is 1.29 bits per heavy atom. The molecule has 0 aliphatic carbocycles. The van der Waals surface area contributed by atoms with Gasteiger partial charge in [-0.2, -0.15) is 0 Å². The quantitative estimate of drug-likeness (QED) is 0.267. The van der Waals surface area contributed by atoms with Crippen molar-refractivity contribution in [1.29, 1.82) is 0 Å². The SMILES string of the molecule is C[C@H](N=[P+]([O-])Oc1ccccc1OC[C@H]1O[C@@H](n2ccc(=O)[nH]c2=O)[C@](C)(F)[C@@H]1O)C(=O)O[C@@H](C)C(=O)O. The van der Waals surface area contributed by atoms with Gasteiger partial charge < -0.3 is 29.3 Å². The standard InChI is InChI=1S/C22H25FN3O11P/c1-11(19(31)35-12(2)18(29)30)25-38(33)37-14-7-5-4-6-13(14)34-10-15-17(28)22(3,23)20(36-15)26-9-8-16(27)24-21(26)32/h4-9,11-12,15,17,20,28H,10H2,1-3H3,(H,29,30)(H,24,27,32)/t11-,12-,15+,17+,20+,22+/m0/s1. The molecule has 0 saturated carbocycles. The van der Waals surface area contributed by atoms with E-state index >= 15 is 4.39 Å². The van der Waals surface area contributed by atoms with Gasteiger partial charge in [0.2, 0.25) is 5.75 Å². The number of ether oxygens (including phenoxy) is 3. The third kappa shape index (κ3) is 6.61. The predicted molar refractivity (Wildman–Crippen MR) is 125 cm³/mol. The van der Waals surface area contributed by atoms with Crippen LogP contribution in [0.3, 0.4) is 0 Å². The predicted octanol–water partition coefficient (Wildman–Crippen LogP) is 0.242. The molecule has 16 heteroatoms. The fourth-order valence-corrected chi connectivity index (χ4v) is 4.14. The highest BCUT2D eigenvalue weighted by Gasteiger charge is 2.55. The number of esters is 1. The summed E-state index contributed by atoms with van der Waals surface area (Å²) >= 11 is 0. The van der Waals surface area contributed by atoms with Crippen LogP contribution in [-0.4, -0.2) is 68.3 Å². The van der Waals surface area contributed by atoms with Crippen LogP contribution < -0.4 is 25.4 Å². The Morgan fingerprint density at radius 3 is 2.58 bits per heavy atom. The van der Waals surface area contributed by atoms with Crippen LogP contribution in [0.2, 0.25) is 0 Å². The zero-order chi connectivity index (χ0) is 28.2. The van der Waals surface area contributed by atoms with Crippen molar-refractivity contribution < 1.29 is 47.8 Å². The Hall–Kier alpha value is -3.65. The highest BCUT2D eigenvalue weighted by Crippen LogP contribution is 2.41. The number of aliphatic hydroxyl groups excluding tert-OH is 1. The summed E-state index contributed by atoms with van der Waals surface area (Å²) in [5.74, 6) is -2.43. The molecule has 1 fully saturated rings. The maximum absolute atomic E-state index is 15.3. The number of hydrogen-bond donors (Lipinski definition) is 3. The highest BCUT2D eigenvalue weighted by atomic mass is 31.1. The molecule has 7 atom stereocenters. The van der Waals surface area contributed by atoms with Gasteiger partial charge in [-0.15, -0.1) is 0 Å². The molecule has 1 saturated heterocycles. The first-order valence-corrected chi connectivity index (χ1v) is 12.3. The Balaban J connectivity index is 1.69. The highest BCUT2D eigenvalue weighted by molar-refractivity contribution is 7.34. The molecule has 2 aromatic rings. The molecule has 1 aliphatic heterocycles. The molecule has 1 aromatic heterocycles. The fraction of sp³-hybridized carbons (Fsp3) is 0.455. The third-order valence-electron chi connectivity index (χ3n) is 5.50. The molecular formula is C22H25FN3O11P. The molecule has 206 valence electrons. The number of nitrogens with one attached hydrogen (secondary N) is 1. The minimum Gasteiger partial charge on any atom is -0.575 e. The Labute approximate surface area is 215 Å². The lowest BCUT2D eigenvalue weighted by Gasteiger charge is -2.24. The zero-order valence-corrected chi connectivity index (χ0v) is 21.2. The number of alkyl halides is 1. The lowest BCUT2D eigenvalue weighted by Crippen LogP contribution is -2.43. The van der Waals surface area contributed by atoms with Gasteiger partial charge in [0.1, 0.15) is 18.8 Å². The second-order valence-corrected chi connectivity index (χ2v) is 9.33. The number of hydrogen-bond acceptors (Lipinski definition) is 11. The van der Waals surface area contributed by atoms with Crippen molar-refractivity contribution in [3.63, 3.8) is 0 Å². The third-order valence-corrected chi connectivity index (χ3v) is 6.39. The van der Waals surface area contributed by atoms with Crippen LogP contribution in [0.1, 0.15) is 27.0 Å². The minimum absolute atomic E-state index is 0.0156. The van der Waals surface area contributed by atoms with E-state index in [1.807, 2.05) is 4.98 Å². The van der Waals surface area contributed by atoms with Crippen molar-refractivity contribution in [2.75, 3.05) is 6.61 Å². The van der Waals surface area contributed by atoms with Crippen molar-refractivity contribution in [2.24, 2.45) is 4.74 Å². The summed E-state index contributed by atoms with van der Waals surface area (Å²) in [4.78, 5) is 60.5. The number of carboxylic acids is 1. The molecule has 38 heavy (non-hydrogen) atoms. The molecule has 0 bridgehead atoms. The lowest BCUT2D eigenvalue weighted by molar-refractivity contribution is -0.170. The number of aliphatic carboxylic acids is 1. The van der Waals surface area contributed by atoms with E-state index in [-0.39, 0.29) is 11.5 Å². The molecule has 0 radical (unpaired) electrons. The second-order valence-electron chi connectivity index (χ2n) is 8.44. The van der Waals surface area contributed by atoms with E-state index in [4.69, 9.17) is 19.1 Å². The van der Waals surface area contributed by atoms with Crippen LogP contribution in [-0.2, 0) is 19.1 Å². The zero-order valence-electron chi connectivity index (χ0n) is 20.3. The smallest absolute Gasteiger partial charge is 0.395 e. The first kappa shape index (κ1) is 28.9. The molecule has 0 spiro atoms. The van der Waals surface area contributed by atoms with E-state index in [0.29, 0.717) is 0 Å². The molecule has 2 heterocycles. The maximum Gasteiger partial charge on any atom is 0.395 e. The molecule has 3 N–H and O–H groups in total. The number of aromatic nitrogens is 2. The van der Waals surface area contributed by atoms with E-state index in [0.717, 1.165) is 30.7 Å². The summed E-state index contributed by atoms with van der Waals surface area (Å²) in [6.45, 7) is 3.01. The Kier molecular flexibility index (Phi) is 8.99. The van der Waals surface area contributed by atoms with E-state index in [2.05, 4.69) is 9.48 Å². The van der Waals surface area contributed by atoms with Crippen molar-refractivity contribution >= 4 is 20.1 Å². The van der Waals surface area contributed by atoms with Crippen LogP contribution in [0.15, 0.2) is 50.9 Å². The van der Waals surface area contributed by atoms with Gasteiger partial charge in [0, 0.05) is 12.3 Å². The number of carboxylic acid groups (broad SMARTS) is 1. The van der Waals surface area contributed by atoms with Crippen molar-refractivity contribution in [1.82, 2.24) is 9.55 Å². The van der Waals surface area contributed by atoms with Gasteiger partial charge in [0.05, 0.1) is 0 Å². The number of para-hydroxylation sites is 2. The van der Waals surface area contributed by atoms with Gasteiger partial charge in [-0.3, -0.25) is 18.9 Å². The summed E-state index contributed by atoms with van der Waals surface area (Å²) in [6.07, 6.45) is -4.94. The van der Waals surface area contributed by atoms with Crippen LogP contribution in [0, 0.1) is 0 Å². The number of halogens is 1. The number of carbonyl (C=O) groups is 2. The maximum atomic E-state index is 15.3. The van der Waals surface area contributed by atoms with Crippen molar-refractivity contribution in [2.45, 2.75) is 57.0 Å². The molecule has 1 aromatic carbocycles. The number of H-pyrrole nitrogens is 1. The minimum atomic E-state index is -2.84. The molecular weight excluding hydrogens is 532 g/mol. The number of rotatable bonds is 10. The Bertz CT molecular complexity index is 1330. The van der Waals surface area contributed by atoms with E-state index in [9.17, 15) is 29.2 Å². The molecule has 1 unspecified atom stereocenters. The number of benzene rings is 1. The van der Waals surface area contributed by atoms with Gasteiger partial charge in [-0.05, 0) is 32.9 Å². The van der Waals surface area contributed by atoms with Crippen LogP contribution in [0.4, 0.5) is 4.39 Å². The normalized spacial score (nSPS) is 24.9. The van der Waals surface area contributed by atoms with Gasteiger partial charge in [0.25, 0.3) is 5.56 Å². The average molecular weight is 557 g/mol. The molecule has 1 aliphatic rings. The van der Waals surface area contributed by atoms with Crippen molar-refractivity contribution in [3.8, 4) is 11.5 Å². The summed E-state index contributed by atoms with van der Waals surface area (Å²) in [7, 11) is -2.84. The summed E-state index contributed by atoms with van der Waals surface area (Å²) in [6, 6.07) is 5.57. The lowest BCUT2D eigenvalue weighted by atomic mass is 9.98. The Morgan fingerprint density at radius 2 is 1.95 bits per heavy atom.